The van der Waals surface area contributed by atoms with Gasteiger partial charge >= 0.3 is 0 Å². The molecule has 164 valence electrons. The Labute approximate surface area is 179 Å². The molecule has 0 aromatic heterocycles. The van der Waals surface area contributed by atoms with Crippen molar-refractivity contribution in [3.63, 3.8) is 0 Å². The van der Waals surface area contributed by atoms with Gasteiger partial charge in [0.05, 0.1) is 4.90 Å². The Morgan fingerprint density at radius 1 is 0.967 bits per heavy atom. The van der Waals surface area contributed by atoms with Crippen molar-refractivity contribution < 1.29 is 18.0 Å². The summed E-state index contributed by atoms with van der Waals surface area (Å²) < 4.78 is 27.1. The van der Waals surface area contributed by atoms with Crippen LogP contribution in [0.3, 0.4) is 0 Å². The summed E-state index contributed by atoms with van der Waals surface area (Å²) in [5, 5.41) is 0. The first-order valence-corrected chi connectivity index (χ1v) is 12.5. The van der Waals surface area contributed by atoms with Crippen molar-refractivity contribution in [2.24, 2.45) is 11.8 Å². The second-order valence-corrected chi connectivity index (χ2v) is 10.4. The van der Waals surface area contributed by atoms with E-state index in [2.05, 4.69) is 0 Å². The van der Waals surface area contributed by atoms with Crippen LogP contribution in [0.15, 0.2) is 23.1 Å². The predicted octanol–water partition coefficient (Wildman–Crippen LogP) is 2.25. The van der Waals surface area contributed by atoms with Crippen molar-refractivity contribution in [1.29, 1.82) is 0 Å². The number of likely N-dealkylation sites (tertiary alicyclic amines) is 1. The zero-order valence-electron chi connectivity index (χ0n) is 17.8. The maximum atomic E-state index is 13.2. The second kappa shape index (κ2) is 8.30. The SMILES string of the molecule is CCN(CC)S(=O)(=O)c1ccc2c(c1)CCN2C(=O)C1CCN(C(=O)C2CC2)CC1. The monoisotopic (exact) mass is 433 g/mol. The van der Waals surface area contributed by atoms with E-state index in [0.717, 1.165) is 24.1 Å². The Morgan fingerprint density at radius 3 is 2.20 bits per heavy atom. The smallest absolute Gasteiger partial charge is 0.243 e. The summed E-state index contributed by atoms with van der Waals surface area (Å²) in [5.74, 6) is 0.517. The Bertz CT molecular complexity index is 930. The van der Waals surface area contributed by atoms with Gasteiger partial charge in [-0.1, -0.05) is 13.8 Å². The molecule has 30 heavy (non-hydrogen) atoms. The van der Waals surface area contributed by atoms with Crippen LogP contribution in [-0.2, 0) is 26.0 Å². The van der Waals surface area contributed by atoms with E-state index in [1.54, 1.807) is 18.2 Å². The third-order valence-corrected chi connectivity index (χ3v) is 8.68. The maximum absolute atomic E-state index is 13.2. The van der Waals surface area contributed by atoms with Gasteiger partial charge < -0.3 is 9.80 Å². The molecule has 2 fully saturated rings. The summed E-state index contributed by atoms with van der Waals surface area (Å²) in [5.41, 5.74) is 1.74. The lowest BCUT2D eigenvalue weighted by Crippen LogP contribution is -2.44. The highest BCUT2D eigenvalue weighted by molar-refractivity contribution is 7.89. The molecule has 1 aromatic carbocycles. The normalized spacial score (nSPS) is 20.0. The molecular formula is C22H31N3O4S. The lowest BCUT2D eigenvalue weighted by atomic mass is 9.95. The van der Waals surface area contributed by atoms with Crippen molar-refractivity contribution in [3.05, 3.63) is 23.8 Å². The number of fused-ring (bicyclic) bond motifs is 1. The van der Waals surface area contributed by atoms with E-state index in [9.17, 15) is 18.0 Å². The average molecular weight is 434 g/mol. The zero-order valence-corrected chi connectivity index (χ0v) is 18.7. The second-order valence-electron chi connectivity index (χ2n) is 8.49. The van der Waals surface area contributed by atoms with E-state index in [1.165, 1.54) is 4.31 Å². The molecule has 0 N–H and O–H groups in total. The van der Waals surface area contributed by atoms with E-state index in [1.807, 2.05) is 23.6 Å². The fourth-order valence-electron chi connectivity index (χ4n) is 4.64. The van der Waals surface area contributed by atoms with Gasteiger partial charge in [0.2, 0.25) is 21.8 Å². The molecule has 3 aliphatic rings. The molecule has 0 atom stereocenters. The van der Waals surface area contributed by atoms with E-state index < -0.39 is 10.0 Å². The van der Waals surface area contributed by atoms with E-state index in [0.29, 0.717) is 56.9 Å². The Hall–Kier alpha value is -1.93. The maximum Gasteiger partial charge on any atom is 0.243 e. The summed E-state index contributed by atoms with van der Waals surface area (Å²) in [6.45, 7) is 6.44. The van der Waals surface area contributed by atoms with Gasteiger partial charge in [0, 0.05) is 50.2 Å². The molecular weight excluding hydrogens is 402 g/mol. The summed E-state index contributed by atoms with van der Waals surface area (Å²) in [6, 6.07) is 5.13. The molecule has 8 heteroatoms. The number of carbonyl (C=O) groups excluding carboxylic acids is 2. The van der Waals surface area contributed by atoms with Crippen LogP contribution in [0, 0.1) is 11.8 Å². The molecule has 1 saturated heterocycles. The number of benzene rings is 1. The van der Waals surface area contributed by atoms with Crippen LogP contribution in [0.1, 0.15) is 45.1 Å². The molecule has 0 unspecified atom stereocenters. The first kappa shape index (κ1) is 21.3. The summed E-state index contributed by atoms with van der Waals surface area (Å²) in [6.07, 6.45) is 4.10. The van der Waals surface area contributed by atoms with Gasteiger partial charge in [-0.3, -0.25) is 9.59 Å². The van der Waals surface area contributed by atoms with Crippen molar-refractivity contribution in [3.8, 4) is 0 Å². The number of piperidine rings is 1. The third-order valence-electron chi connectivity index (χ3n) is 6.64. The molecule has 2 aliphatic heterocycles. The number of nitrogens with zero attached hydrogens (tertiary/aromatic N) is 3. The van der Waals surface area contributed by atoms with Gasteiger partial charge in [-0.2, -0.15) is 4.31 Å². The lowest BCUT2D eigenvalue weighted by molar-refractivity contribution is -0.136. The fraction of sp³-hybridized carbons (Fsp3) is 0.636. The molecule has 1 aliphatic carbocycles. The topological polar surface area (TPSA) is 78.0 Å². The fourth-order valence-corrected chi connectivity index (χ4v) is 6.14. The summed E-state index contributed by atoms with van der Waals surface area (Å²) >= 11 is 0. The highest BCUT2D eigenvalue weighted by Crippen LogP contribution is 2.35. The van der Waals surface area contributed by atoms with Crippen LogP contribution >= 0.6 is 0 Å². The summed E-state index contributed by atoms with van der Waals surface area (Å²) in [4.78, 5) is 29.4. The minimum Gasteiger partial charge on any atom is -0.342 e. The zero-order chi connectivity index (χ0) is 21.5. The first-order valence-electron chi connectivity index (χ1n) is 11.1. The number of sulfonamides is 1. The van der Waals surface area contributed by atoms with Gasteiger partial charge in [-0.25, -0.2) is 8.42 Å². The number of carbonyl (C=O) groups is 2. The van der Waals surface area contributed by atoms with Crippen molar-refractivity contribution in [2.75, 3.05) is 37.6 Å². The van der Waals surface area contributed by atoms with Crippen molar-refractivity contribution >= 4 is 27.5 Å². The quantitative estimate of drug-likeness (QED) is 0.689. The van der Waals surface area contributed by atoms with Gasteiger partial charge in [-0.05, 0) is 55.9 Å². The highest BCUT2D eigenvalue weighted by atomic mass is 32.2. The predicted molar refractivity (Wildman–Crippen MR) is 115 cm³/mol. The molecule has 4 rings (SSSR count). The van der Waals surface area contributed by atoms with Crippen LogP contribution in [-0.4, -0.2) is 62.2 Å². The van der Waals surface area contributed by atoms with Crippen LogP contribution in [0.5, 0.6) is 0 Å². The van der Waals surface area contributed by atoms with Crippen molar-refractivity contribution in [1.82, 2.24) is 9.21 Å². The third kappa shape index (κ3) is 3.87. The molecule has 2 amide bonds. The minimum atomic E-state index is -3.50. The number of hydrogen-bond donors (Lipinski definition) is 0. The van der Waals surface area contributed by atoms with Crippen LogP contribution < -0.4 is 4.90 Å². The molecule has 0 bridgehead atoms. The molecule has 2 heterocycles. The first-order chi connectivity index (χ1) is 14.4. The van der Waals surface area contributed by atoms with Crippen LogP contribution in [0.4, 0.5) is 5.69 Å². The van der Waals surface area contributed by atoms with E-state index in [4.69, 9.17) is 0 Å². The van der Waals surface area contributed by atoms with Crippen molar-refractivity contribution in [2.45, 2.75) is 50.8 Å². The lowest BCUT2D eigenvalue weighted by Gasteiger charge is -2.33. The number of rotatable bonds is 6. The molecule has 1 saturated carbocycles. The largest absolute Gasteiger partial charge is 0.342 e. The standard InChI is InChI=1S/C22H31N3O4S/c1-3-24(4-2)30(28,29)19-7-8-20-18(15-19)11-14-25(20)22(27)17-9-12-23(13-10-17)21(26)16-5-6-16/h7-8,15-17H,3-6,9-14H2,1-2H3. The van der Waals surface area contributed by atoms with Gasteiger partial charge in [0.1, 0.15) is 0 Å². The Kier molecular flexibility index (Phi) is 5.90. The van der Waals surface area contributed by atoms with Gasteiger partial charge in [0.15, 0.2) is 0 Å². The van der Waals surface area contributed by atoms with Crippen LogP contribution in [0.2, 0.25) is 0 Å². The molecule has 0 spiro atoms. The minimum absolute atomic E-state index is 0.0710. The van der Waals surface area contributed by atoms with Crippen LogP contribution in [0.25, 0.3) is 0 Å². The van der Waals surface area contributed by atoms with Gasteiger partial charge in [0.25, 0.3) is 0 Å². The number of hydrogen-bond acceptors (Lipinski definition) is 4. The highest BCUT2D eigenvalue weighted by Gasteiger charge is 2.38. The number of anilines is 1. The molecule has 7 nitrogen and oxygen atoms in total. The Morgan fingerprint density at radius 2 is 1.60 bits per heavy atom. The molecule has 1 aromatic rings. The van der Waals surface area contributed by atoms with Gasteiger partial charge in [-0.15, -0.1) is 0 Å². The Balaban J connectivity index is 1.44. The van der Waals surface area contributed by atoms with E-state index >= 15 is 0 Å². The molecule has 0 radical (unpaired) electrons. The average Bonchev–Trinajstić information content (AvgIpc) is 3.52. The number of amides is 2. The van der Waals surface area contributed by atoms with E-state index in [-0.39, 0.29) is 23.7 Å². The summed E-state index contributed by atoms with van der Waals surface area (Å²) in [7, 11) is -3.50.